The largest absolute Gasteiger partial charge is 0.370 e. The zero-order valence-electron chi connectivity index (χ0n) is 12.3. The number of nitrogens with zero attached hydrogens (tertiary/aromatic N) is 1. The third-order valence-corrected chi connectivity index (χ3v) is 3.41. The molecule has 1 rings (SSSR count). The second-order valence-electron chi connectivity index (χ2n) is 6.41. The maximum atomic E-state index is 5.86. The lowest BCUT2D eigenvalue weighted by atomic mass is 9.94. The molecule has 1 aliphatic rings. The van der Waals surface area contributed by atoms with Gasteiger partial charge in [0.25, 0.3) is 0 Å². The second-order valence-corrected chi connectivity index (χ2v) is 6.41. The predicted octanol–water partition coefficient (Wildman–Crippen LogP) is 3.38. The summed E-state index contributed by atoms with van der Waals surface area (Å²) in [5.74, 6) is 2.11. The first kappa shape index (κ1) is 18.0. The molecule has 3 N–H and O–H groups in total. The maximum absolute atomic E-state index is 5.86. The van der Waals surface area contributed by atoms with Gasteiger partial charge in [-0.05, 0) is 42.9 Å². The van der Waals surface area contributed by atoms with E-state index in [1.807, 2.05) is 0 Å². The van der Waals surface area contributed by atoms with Crippen LogP contribution in [-0.2, 0) is 0 Å². The van der Waals surface area contributed by atoms with E-state index in [9.17, 15) is 0 Å². The summed E-state index contributed by atoms with van der Waals surface area (Å²) in [6.07, 6.45) is 5.09. The second kappa shape index (κ2) is 8.23. The van der Waals surface area contributed by atoms with Crippen LogP contribution in [0.1, 0.15) is 53.4 Å². The van der Waals surface area contributed by atoms with Crippen LogP contribution < -0.4 is 11.1 Å². The third kappa shape index (κ3) is 7.44. The summed E-state index contributed by atoms with van der Waals surface area (Å²) in [5, 5.41) is 3.20. The van der Waals surface area contributed by atoms with Crippen LogP contribution in [0, 0.1) is 17.3 Å². The van der Waals surface area contributed by atoms with Gasteiger partial charge in [0, 0.05) is 13.1 Å². The first-order valence-electron chi connectivity index (χ1n) is 6.97. The third-order valence-electron chi connectivity index (χ3n) is 3.41. The van der Waals surface area contributed by atoms with Crippen LogP contribution in [0.25, 0.3) is 0 Å². The van der Waals surface area contributed by atoms with Crippen LogP contribution in [-0.4, -0.2) is 19.0 Å². The van der Waals surface area contributed by atoms with Crippen LogP contribution >= 0.6 is 24.0 Å². The van der Waals surface area contributed by atoms with Gasteiger partial charge < -0.3 is 11.1 Å². The maximum Gasteiger partial charge on any atom is 0.188 e. The van der Waals surface area contributed by atoms with E-state index in [0.29, 0.717) is 17.3 Å². The molecule has 0 aromatic rings. The fraction of sp³-hybridized carbons (Fsp3) is 0.929. The van der Waals surface area contributed by atoms with Gasteiger partial charge in [0.05, 0.1) is 0 Å². The van der Waals surface area contributed by atoms with Crippen LogP contribution in [0.5, 0.6) is 0 Å². The number of aliphatic imine (C=N–C) groups is 1. The lowest BCUT2D eigenvalue weighted by Gasteiger charge is -2.15. The van der Waals surface area contributed by atoms with Gasteiger partial charge in [0.15, 0.2) is 5.96 Å². The van der Waals surface area contributed by atoms with Gasteiger partial charge in [-0.3, -0.25) is 4.99 Å². The van der Waals surface area contributed by atoms with Crippen LogP contribution in [0.2, 0.25) is 0 Å². The molecule has 18 heavy (non-hydrogen) atoms. The van der Waals surface area contributed by atoms with Gasteiger partial charge in [0.1, 0.15) is 0 Å². The SMILES string of the molecule is CC(C)CCNC(N)=NCC1(CC(C)C)CC1.I. The Kier molecular flexibility index (Phi) is 8.23. The molecule has 0 unspecified atom stereocenters. The molecule has 1 aliphatic carbocycles. The number of guanidine groups is 1. The van der Waals surface area contributed by atoms with Crippen LogP contribution in [0.4, 0.5) is 0 Å². The average molecular weight is 367 g/mol. The molecule has 0 aliphatic heterocycles. The van der Waals surface area contributed by atoms with Gasteiger partial charge in [-0.1, -0.05) is 27.7 Å². The highest BCUT2D eigenvalue weighted by molar-refractivity contribution is 14.0. The number of nitrogens with two attached hydrogens (primary N) is 1. The molecule has 3 nitrogen and oxygen atoms in total. The lowest BCUT2D eigenvalue weighted by Crippen LogP contribution is -2.33. The molecule has 0 spiro atoms. The topological polar surface area (TPSA) is 50.4 Å². The zero-order valence-corrected chi connectivity index (χ0v) is 14.7. The highest BCUT2D eigenvalue weighted by Crippen LogP contribution is 2.50. The summed E-state index contributed by atoms with van der Waals surface area (Å²) in [7, 11) is 0. The Morgan fingerprint density at radius 2 is 1.83 bits per heavy atom. The quantitative estimate of drug-likeness (QED) is 0.412. The van der Waals surface area contributed by atoms with E-state index in [1.54, 1.807) is 0 Å². The van der Waals surface area contributed by atoms with Gasteiger partial charge in [0.2, 0.25) is 0 Å². The normalized spacial score (nSPS) is 17.8. The molecule has 0 amide bonds. The molecule has 108 valence electrons. The van der Waals surface area contributed by atoms with Crippen molar-refractivity contribution in [2.45, 2.75) is 53.4 Å². The predicted molar refractivity (Wildman–Crippen MR) is 90.5 cm³/mol. The van der Waals surface area contributed by atoms with E-state index in [2.05, 4.69) is 38.0 Å². The monoisotopic (exact) mass is 367 g/mol. The van der Waals surface area contributed by atoms with Crippen LogP contribution in [0.15, 0.2) is 4.99 Å². The van der Waals surface area contributed by atoms with E-state index in [-0.39, 0.29) is 24.0 Å². The Morgan fingerprint density at radius 3 is 2.28 bits per heavy atom. The van der Waals surface area contributed by atoms with Crippen molar-refractivity contribution in [3.8, 4) is 0 Å². The number of nitrogens with one attached hydrogen (secondary N) is 1. The van der Waals surface area contributed by atoms with E-state index in [0.717, 1.165) is 25.4 Å². The first-order valence-corrected chi connectivity index (χ1v) is 6.97. The molecule has 1 fully saturated rings. The Hall–Kier alpha value is 0. The van der Waals surface area contributed by atoms with Crippen molar-refractivity contribution in [3.05, 3.63) is 0 Å². The van der Waals surface area contributed by atoms with Crippen molar-refractivity contribution in [2.75, 3.05) is 13.1 Å². The first-order chi connectivity index (χ1) is 7.93. The van der Waals surface area contributed by atoms with Crippen LogP contribution in [0.3, 0.4) is 0 Å². The molecule has 0 aromatic carbocycles. The highest BCUT2D eigenvalue weighted by Gasteiger charge is 2.42. The van der Waals surface area contributed by atoms with Crippen molar-refractivity contribution >= 4 is 29.9 Å². The number of hydrogen-bond donors (Lipinski definition) is 2. The molecule has 1 saturated carbocycles. The highest BCUT2D eigenvalue weighted by atomic mass is 127. The zero-order chi connectivity index (χ0) is 12.9. The molecule has 0 heterocycles. The molecular formula is C14H30IN3. The van der Waals surface area contributed by atoms with Gasteiger partial charge in [-0.25, -0.2) is 0 Å². The Balaban J connectivity index is 0.00000289. The number of halogens is 1. The van der Waals surface area contributed by atoms with E-state index in [1.165, 1.54) is 19.3 Å². The Morgan fingerprint density at radius 1 is 1.22 bits per heavy atom. The average Bonchev–Trinajstić information content (AvgIpc) is 2.94. The fourth-order valence-electron chi connectivity index (χ4n) is 2.27. The van der Waals surface area contributed by atoms with Crippen molar-refractivity contribution in [2.24, 2.45) is 28.0 Å². The summed E-state index contributed by atoms with van der Waals surface area (Å²) in [6, 6.07) is 0. The molecule has 0 atom stereocenters. The Bertz CT molecular complexity index is 258. The number of hydrogen-bond acceptors (Lipinski definition) is 1. The minimum atomic E-state index is 0. The molecule has 4 heteroatoms. The van der Waals surface area contributed by atoms with E-state index in [4.69, 9.17) is 5.73 Å². The molecule has 0 saturated heterocycles. The summed E-state index contributed by atoms with van der Waals surface area (Å²) in [4.78, 5) is 4.49. The molecule has 0 bridgehead atoms. The molecule has 0 aromatic heterocycles. The summed E-state index contributed by atoms with van der Waals surface area (Å²) >= 11 is 0. The van der Waals surface area contributed by atoms with E-state index >= 15 is 0 Å². The standard InChI is InChI=1S/C14H29N3.HI/c1-11(2)5-8-16-13(15)17-10-14(6-7-14)9-12(3)4;/h11-12H,5-10H2,1-4H3,(H3,15,16,17);1H. The van der Waals surface area contributed by atoms with Gasteiger partial charge in [-0.15, -0.1) is 24.0 Å². The summed E-state index contributed by atoms with van der Waals surface area (Å²) in [6.45, 7) is 10.9. The van der Waals surface area contributed by atoms with Crippen molar-refractivity contribution in [1.29, 1.82) is 0 Å². The lowest BCUT2D eigenvalue weighted by molar-refractivity contribution is 0.398. The van der Waals surface area contributed by atoms with Gasteiger partial charge in [-0.2, -0.15) is 0 Å². The molecular weight excluding hydrogens is 337 g/mol. The van der Waals surface area contributed by atoms with Gasteiger partial charge >= 0.3 is 0 Å². The smallest absolute Gasteiger partial charge is 0.188 e. The van der Waals surface area contributed by atoms with E-state index < -0.39 is 0 Å². The minimum absolute atomic E-state index is 0. The molecule has 0 radical (unpaired) electrons. The van der Waals surface area contributed by atoms with Crippen molar-refractivity contribution in [1.82, 2.24) is 5.32 Å². The summed E-state index contributed by atoms with van der Waals surface area (Å²) < 4.78 is 0. The fourth-order valence-corrected chi connectivity index (χ4v) is 2.27. The summed E-state index contributed by atoms with van der Waals surface area (Å²) in [5.41, 5.74) is 6.35. The number of rotatable bonds is 7. The Labute approximate surface area is 129 Å². The van der Waals surface area contributed by atoms with Crippen molar-refractivity contribution in [3.63, 3.8) is 0 Å². The minimum Gasteiger partial charge on any atom is -0.370 e. The van der Waals surface area contributed by atoms with Crippen molar-refractivity contribution < 1.29 is 0 Å².